The van der Waals surface area contributed by atoms with Crippen LogP contribution in [0.2, 0.25) is 0 Å². The molecule has 7 heteroatoms. The van der Waals surface area contributed by atoms with Crippen LogP contribution >= 0.6 is 0 Å². The predicted octanol–water partition coefficient (Wildman–Crippen LogP) is -0.557. The summed E-state index contributed by atoms with van der Waals surface area (Å²) in [5, 5.41) is 0. The molecule has 17 heavy (non-hydrogen) atoms. The minimum Gasteiger partial charge on any atom is -0.468 e. The van der Waals surface area contributed by atoms with Crippen molar-refractivity contribution in [2.75, 3.05) is 31.7 Å². The maximum absolute atomic E-state index is 12.0. The van der Waals surface area contributed by atoms with E-state index in [-0.39, 0.29) is 24.0 Å². The number of hydrogen-bond acceptors (Lipinski definition) is 5. The van der Waals surface area contributed by atoms with E-state index in [9.17, 15) is 18.0 Å². The number of carbonyl (C=O) groups is 2. The molecule has 0 radical (unpaired) electrons. The summed E-state index contributed by atoms with van der Waals surface area (Å²) in [5.41, 5.74) is 0. The monoisotopic (exact) mass is 263 g/mol. The maximum Gasteiger partial charge on any atom is 0.325 e. The fraction of sp³-hybridized carbons (Fsp3) is 0.800. The second kappa shape index (κ2) is 5.48. The van der Waals surface area contributed by atoms with Crippen molar-refractivity contribution < 1.29 is 22.7 Å². The number of ether oxygens (including phenoxy) is 1. The third-order valence-corrected chi connectivity index (χ3v) is 4.59. The average Bonchev–Trinajstić information content (AvgIpc) is 2.65. The van der Waals surface area contributed by atoms with Crippen LogP contribution in [0.4, 0.5) is 0 Å². The van der Waals surface area contributed by atoms with Crippen LogP contribution in [-0.2, 0) is 24.2 Å². The third kappa shape index (κ3) is 3.69. The van der Waals surface area contributed by atoms with Crippen molar-refractivity contribution in [3.05, 3.63) is 0 Å². The summed E-state index contributed by atoms with van der Waals surface area (Å²) in [6.07, 6.45) is 0.346. The Morgan fingerprint density at radius 1 is 1.41 bits per heavy atom. The zero-order valence-electron chi connectivity index (χ0n) is 10.0. The second-order valence-corrected chi connectivity index (χ2v) is 6.26. The number of nitrogens with zero attached hydrogens (tertiary/aromatic N) is 1. The lowest BCUT2D eigenvalue weighted by Gasteiger charge is -2.22. The molecule has 1 heterocycles. The highest BCUT2D eigenvalue weighted by molar-refractivity contribution is 7.91. The van der Waals surface area contributed by atoms with Crippen molar-refractivity contribution in [3.63, 3.8) is 0 Å². The number of esters is 1. The molecule has 1 aliphatic rings. The number of amides is 1. The molecule has 1 fully saturated rings. The fourth-order valence-electron chi connectivity index (χ4n) is 1.81. The van der Waals surface area contributed by atoms with E-state index >= 15 is 0 Å². The van der Waals surface area contributed by atoms with E-state index in [1.165, 1.54) is 12.0 Å². The lowest BCUT2D eigenvalue weighted by molar-refractivity contribution is -0.148. The summed E-state index contributed by atoms with van der Waals surface area (Å²) in [5.74, 6) is -1.34. The number of sulfone groups is 1. The van der Waals surface area contributed by atoms with Crippen molar-refractivity contribution in [3.8, 4) is 0 Å². The first-order chi connectivity index (χ1) is 7.89. The zero-order valence-corrected chi connectivity index (χ0v) is 10.8. The molecule has 0 saturated carbocycles. The van der Waals surface area contributed by atoms with Crippen molar-refractivity contribution in [2.45, 2.75) is 13.3 Å². The number of carbonyl (C=O) groups excluding carboxylic acids is 2. The largest absolute Gasteiger partial charge is 0.468 e. The minimum atomic E-state index is -3.08. The Morgan fingerprint density at radius 3 is 2.47 bits per heavy atom. The lowest BCUT2D eigenvalue weighted by Crippen LogP contribution is -2.40. The van der Waals surface area contributed by atoms with Crippen molar-refractivity contribution in [1.82, 2.24) is 4.90 Å². The van der Waals surface area contributed by atoms with Gasteiger partial charge >= 0.3 is 5.97 Å². The molecule has 98 valence electrons. The summed E-state index contributed by atoms with van der Waals surface area (Å²) < 4.78 is 27.0. The smallest absolute Gasteiger partial charge is 0.325 e. The number of rotatable bonds is 4. The molecule has 1 saturated heterocycles. The van der Waals surface area contributed by atoms with Crippen LogP contribution in [0.15, 0.2) is 0 Å². The molecular weight excluding hydrogens is 246 g/mol. The molecule has 1 amide bonds. The molecule has 0 aliphatic carbocycles. The molecule has 1 atom stereocenters. The molecule has 0 aromatic carbocycles. The van der Waals surface area contributed by atoms with Gasteiger partial charge in [-0.2, -0.15) is 0 Å². The number of hydrogen-bond donors (Lipinski definition) is 0. The predicted molar refractivity (Wildman–Crippen MR) is 61.0 cm³/mol. The highest BCUT2D eigenvalue weighted by Crippen LogP contribution is 2.20. The molecule has 0 aromatic heterocycles. The van der Waals surface area contributed by atoms with Crippen LogP contribution in [0, 0.1) is 5.92 Å². The quantitative estimate of drug-likeness (QED) is 0.635. The molecule has 6 nitrogen and oxygen atoms in total. The van der Waals surface area contributed by atoms with E-state index < -0.39 is 21.7 Å². The first-order valence-electron chi connectivity index (χ1n) is 5.45. The second-order valence-electron chi connectivity index (χ2n) is 4.03. The summed E-state index contributed by atoms with van der Waals surface area (Å²) >= 11 is 0. The van der Waals surface area contributed by atoms with Gasteiger partial charge in [0, 0.05) is 6.54 Å². The van der Waals surface area contributed by atoms with Crippen LogP contribution in [0.25, 0.3) is 0 Å². The van der Waals surface area contributed by atoms with Gasteiger partial charge in [-0.15, -0.1) is 0 Å². The van der Waals surface area contributed by atoms with Crippen LogP contribution in [0.1, 0.15) is 13.3 Å². The first kappa shape index (κ1) is 14.0. The van der Waals surface area contributed by atoms with Gasteiger partial charge in [0.05, 0.1) is 24.5 Å². The third-order valence-electron chi connectivity index (χ3n) is 2.82. The summed E-state index contributed by atoms with van der Waals surface area (Å²) in [6.45, 7) is 1.98. The molecule has 0 bridgehead atoms. The van der Waals surface area contributed by atoms with Crippen molar-refractivity contribution in [2.24, 2.45) is 5.92 Å². The molecule has 1 aliphatic heterocycles. The highest BCUT2D eigenvalue weighted by atomic mass is 32.2. The normalized spacial score (nSPS) is 22.1. The van der Waals surface area contributed by atoms with Gasteiger partial charge < -0.3 is 9.64 Å². The van der Waals surface area contributed by atoms with E-state index in [2.05, 4.69) is 4.74 Å². The van der Waals surface area contributed by atoms with Crippen LogP contribution in [-0.4, -0.2) is 56.9 Å². The SMILES string of the molecule is CCN(CC(=O)OC)C(=O)C1CCS(=O)(=O)C1. The van der Waals surface area contributed by atoms with Gasteiger partial charge in [-0.3, -0.25) is 9.59 Å². The topological polar surface area (TPSA) is 80.8 Å². The molecule has 0 spiro atoms. The lowest BCUT2D eigenvalue weighted by atomic mass is 10.1. The molecule has 1 unspecified atom stereocenters. The fourth-order valence-corrected chi connectivity index (χ4v) is 3.55. The molecular formula is C10H17NO5S. The van der Waals surface area contributed by atoms with Crippen LogP contribution < -0.4 is 0 Å². The zero-order chi connectivity index (χ0) is 13.1. The van der Waals surface area contributed by atoms with E-state index in [1.54, 1.807) is 6.92 Å². The van der Waals surface area contributed by atoms with E-state index in [0.717, 1.165) is 0 Å². The van der Waals surface area contributed by atoms with E-state index in [4.69, 9.17) is 0 Å². The Labute approximate surface area is 101 Å². The van der Waals surface area contributed by atoms with E-state index in [1.807, 2.05) is 0 Å². The Balaban J connectivity index is 2.64. The summed E-state index contributed by atoms with van der Waals surface area (Å²) in [6, 6.07) is 0. The number of likely N-dealkylation sites (N-methyl/N-ethyl adjacent to an activating group) is 1. The maximum atomic E-state index is 12.0. The van der Waals surface area contributed by atoms with Gasteiger partial charge in [0.25, 0.3) is 0 Å². The summed E-state index contributed by atoms with van der Waals surface area (Å²) in [4.78, 5) is 24.4. The Kier molecular flexibility index (Phi) is 4.50. The van der Waals surface area contributed by atoms with Gasteiger partial charge in [-0.1, -0.05) is 0 Å². The van der Waals surface area contributed by atoms with Gasteiger partial charge in [0.1, 0.15) is 6.54 Å². The molecule has 0 N–H and O–H groups in total. The Hall–Kier alpha value is -1.11. The molecule has 1 rings (SSSR count). The van der Waals surface area contributed by atoms with E-state index in [0.29, 0.717) is 13.0 Å². The van der Waals surface area contributed by atoms with Crippen LogP contribution in [0.5, 0.6) is 0 Å². The standard InChI is InChI=1S/C10H17NO5S/c1-3-11(6-9(12)16-2)10(13)8-4-5-17(14,15)7-8/h8H,3-7H2,1-2H3. The first-order valence-corrected chi connectivity index (χ1v) is 7.27. The Morgan fingerprint density at radius 2 is 2.06 bits per heavy atom. The van der Waals surface area contributed by atoms with Gasteiger partial charge in [0.15, 0.2) is 9.84 Å². The van der Waals surface area contributed by atoms with Crippen molar-refractivity contribution in [1.29, 1.82) is 0 Å². The number of methoxy groups -OCH3 is 1. The van der Waals surface area contributed by atoms with Gasteiger partial charge in [0.2, 0.25) is 5.91 Å². The highest BCUT2D eigenvalue weighted by Gasteiger charge is 2.35. The van der Waals surface area contributed by atoms with Gasteiger partial charge in [-0.05, 0) is 13.3 Å². The van der Waals surface area contributed by atoms with Crippen LogP contribution in [0.3, 0.4) is 0 Å². The molecule has 0 aromatic rings. The minimum absolute atomic E-state index is 0.0547. The summed E-state index contributed by atoms with van der Waals surface area (Å²) in [7, 11) is -1.83. The average molecular weight is 263 g/mol. The van der Waals surface area contributed by atoms with Gasteiger partial charge in [-0.25, -0.2) is 8.42 Å². The Bertz CT molecular complexity index is 403. The van der Waals surface area contributed by atoms with Crippen molar-refractivity contribution >= 4 is 21.7 Å².